The molecule has 0 unspecified atom stereocenters. The molecule has 1 aliphatic heterocycles. The Morgan fingerprint density at radius 3 is 2.61 bits per heavy atom. The Kier molecular flexibility index (Phi) is 6.91. The molecule has 1 amide bonds. The molecule has 3 aromatic rings. The average molecular weight is 531 g/mol. The molecule has 1 N–H and O–H groups in total. The Bertz CT molecular complexity index is 1190. The van der Waals surface area contributed by atoms with Crippen molar-refractivity contribution in [3.63, 3.8) is 0 Å². The van der Waals surface area contributed by atoms with E-state index in [9.17, 15) is 9.59 Å². The minimum Gasteiger partial charge on any atom is -0.481 e. The highest BCUT2D eigenvalue weighted by molar-refractivity contribution is 9.10. The van der Waals surface area contributed by atoms with Gasteiger partial charge < -0.3 is 14.6 Å². The van der Waals surface area contributed by atoms with Crippen LogP contribution in [-0.4, -0.2) is 28.1 Å². The van der Waals surface area contributed by atoms with Crippen molar-refractivity contribution in [2.75, 3.05) is 0 Å². The summed E-state index contributed by atoms with van der Waals surface area (Å²) in [6.45, 7) is 2.24. The Hall–Kier alpha value is -3.03. The summed E-state index contributed by atoms with van der Waals surface area (Å²) < 4.78 is 12.6. The smallest absolute Gasteiger partial charge is 0.411 e. The molecule has 2 atom stereocenters. The van der Waals surface area contributed by atoms with Crippen molar-refractivity contribution in [1.29, 1.82) is 0 Å². The standard InChI is InChI=1S/C25H21BrClNO5/c1-15-24(16-5-3-2-4-6-16)33-25(31)28(15)14-18-11-19(26)7-10-22(18)32-20-8-9-21(27)17(12-20)13-23(29)30/h2-12,15,24H,13-14H2,1H3,(H,29,30)/t15-,24-/m0/s1. The lowest BCUT2D eigenvalue weighted by Crippen LogP contribution is -2.31. The van der Waals surface area contributed by atoms with E-state index < -0.39 is 12.1 Å². The number of carboxylic acids is 1. The second-order valence-corrected chi connectivity index (χ2v) is 9.08. The van der Waals surface area contributed by atoms with Crippen molar-refractivity contribution >= 4 is 39.6 Å². The van der Waals surface area contributed by atoms with Crippen LogP contribution in [-0.2, 0) is 22.5 Å². The molecule has 0 aromatic heterocycles. The molecule has 8 heteroatoms. The number of hydrogen-bond acceptors (Lipinski definition) is 4. The van der Waals surface area contributed by atoms with E-state index in [1.54, 1.807) is 29.2 Å². The number of amides is 1. The Morgan fingerprint density at radius 2 is 1.88 bits per heavy atom. The summed E-state index contributed by atoms with van der Waals surface area (Å²) in [4.78, 5) is 25.5. The lowest BCUT2D eigenvalue weighted by Gasteiger charge is -2.22. The highest BCUT2D eigenvalue weighted by atomic mass is 79.9. The molecular formula is C25H21BrClNO5. The topological polar surface area (TPSA) is 76.1 Å². The zero-order valence-corrected chi connectivity index (χ0v) is 20.0. The molecule has 170 valence electrons. The maximum Gasteiger partial charge on any atom is 0.411 e. The predicted molar refractivity (Wildman–Crippen MR) is 128 cm³/mol. The van der Waals surface area contributed by atoms with Gasteiger partial charge in [0, 0.05) is 15.1 Å². The molecule has 0 saturated carbocycles. The summed E-state index contributed by atoms with van der Waals surface area (Å²) in [7, 11) is 0. The van der Waals surface area contributed by atoms with Crippen molar-refractivity contribution in [3.05, 3.63) is 92.9 Å². The van der Waals surface area contributed by atoms with E-state index in [1.807, 2.05) is 49.4 Å². The van der Waals surface area contributed by atoms with Gasteiger partial charge in [0.2, 0.25) is 0 Å². The van der Waals surface area contributed by atoms with Crippen molar-refractivity contribution in [1.82, 2.24) is 4.90 Å². The van der Waals surface area contributed by atoms with Crippen LogP contribution in [0, 0.1) is 0 Å². The number of carbonyl (C=O) groups is 2. The first-order valence-corrected chi connectivity index (χ1v) is 11.5. The van der Waals surface area contributed by atoms with Crippen LogP contribution >= 0.6 is 27.5 Å². The summed E-state index contributed by atoms with van der Waals surface area (Å²) in [6, 6.07) is 19.9. The van der Waals surface area contributed by atoms with E-state index in [0.29, 0.717) is 22.1 Å². The minimum absolute atomic E-state index is 0.176. The highest BCUT2D eigenvalue weighted by Crippen LogP contribution is 2.36. The first-order valence-electron chi connectivity index (χ1n) is 10.3. The highest BCUT2D eigenvalue weighted by Gasteiger charge is 2.39. The quantitative estimate of drug-likeness (QED) is 0.372. The number of nitrogens with zero attached hydrogens (tertiary/aromatic N) is 1. The summed E-state index contributed by atoms with van der Waals surface area (Å²) in [5.41, 5.74) is 2.18. The van der Waals surface area contributed by atoms with Crippen molar-refractivity contribution in [2.45, 2.75) is 32.0 Å². The van der Waals surface area contributed by atoms with Crippen molar-refractivity contribution in [2.24, 2.45) is 0 Å². The number of carbonyl (C=O) groups excluding carboxylic acids is 1. The van der Waals surface area contributed by atoms with Crippen LogP contribution < -0.4 is 4.74 Å². The second-order valence-electron chi connectivity index (χ2n) is 7.76. The van der Waals surface area contributed by atoms with Gasteiger partial charge in [0.15, 0.2) is 0 Å². The molecular weight excluding hydrogens is 510 g/mol. The lowest BCUT2D eigenvalue weighted by atomic mass is 10.0. The fourth-order valence-electron chi connectivity index (χ4n) is 3.80. The average Bonchev–Trinajstić information content (AvgIpc) is 3.06. The van der Waals surface area contributed by atoms with Crippen LogP contribution in [0.15, 0.2) is 71.2 Å². The Labute approximate surface area is 204 Å². The number of hydrogen-bond donors (Lipinski definition) is 1. The van der Waals surface area contributed by atoms with Gasteiger partial charge in [-0.2, -0.15) is 0 Å². The SMILES string of the molecule is C[C@H]1[C@@H](c2ccccc2)OC(=O)N1Cc1cc(Br)ccc1Oc1ccc(Cl)c(CC(=O)O)c1. The van der Waals surface area contributed by atoms with Gasteiger partial charge in [-0.25, -0.2) is 4.79 Å². The first-order chi connectivity index (χ1) is 15.8. The number of ether oxygens (including phenoxy) is 2. The molecule has 1 heterocycles. The van der Waals surface area contributed by atoms with E-state index >= 15 is 0 Å². The number of carboxylic acid groups (broad SMARTS) is 1. The van der Waals surface area contributed by atoms with Crippen molar-refractivity contribution < 1.29 is 24.2 Å². The monoisotopic (exact) mass is 529 g/mol. The molecule has 0 bridgehead atoms. The van der Waals surface area contributed by atoms with E-state index in [4.69, 9.17) is 26.2 Å². The minimum atomic E-state index is -0.979. The van der Waals surface area contributed by atoms with Gasteiger partial charge in [0.25, 0.3) is 0 Å². The number of benzene rings is 3. The van der Waals surface area contributed by atoms with Gasteiger partial charge in [0.1, 0.15) is 17.6 Å². The van der Waals surface area contributed by atoms with Crippen LogP contribution in [0.3, 0.4) is 0 Å². The summed E-state index contributed by atoms with van der Waals surface area (Å²) >= 11 is 9.61. The fraction of sp³-hybridized carbons (Fsp3) is 0.200. The third-order valence-electron chi connectivity index (χ3n) is 5.47. The Morgan fingerprint density at radius 1 is 1.12 bits per heavy atom. The molecule has 6 nitrogen and oxygen atoms in total. The second kappa shape index (κ2) is 9.85. The molecule has 4 rings (SSSR count). The van der Waals surface area contributed by atoms with E-state index in [0.717, 1.165) is 15.6 Å². The van der Waals surface area contributed by atoms with Crippen LogP contribution in [0.1, 0.15) is 29.7 Å². The molecule has 1 aliphatic rings. The first kappa shape index (κ1) is 23.1. The molecule has 3 aromatic carbocycles. The molecule has 1 fully saturated rings. The number of halogens is 2. The fourth-order valence-corrected chi connectivity index (χ4v) is 4.39. The van der Waals surface area contributed by atoms with Gasteiger partial charge in [-0.05, 0) is 54.4 Å². The van der Waals surface area contributed by atoms with Crippen LogP contribution in [0.2, 0.25) is 5.02 Å². The maximum absolute atomic E-state index is 12.7. The summed E-state index contributed by atoms with van der Waals surface area (Å²) in [6.07, 6.45) is -0.955. The normalized spacial score (nSPS) is 17.7. The van der Waals surface area contributed by atoms with E-state index in [2.05, 4.69) is 15.9 Å². The number of aliphatic carboxylic acids is 1. The molecule has 0 radical (unpaired) electrons. The van der Waals surface area contributed by atoms with Gasteiger partial charge in [-0.3, -0.25) is 9.69 Å². The zero-order valence-electron chi connectivity index (χ0n) is 17.7. The molecule has 1 saturated heterocycles. The van der Waals surface area contributed by atoms with E-state index in [-0.39, 0.29) is 25.1 Å². The number of cyclic esters (lactones) is 1. The van der Waals surface area contributed by atoms with Gasteiger partial charge in [0.05, 0.1) is 19.0 Å². The van der Waals surface area contributed by atoms with Gasteiger partial charge in [-0.15, -0.1) is 0 Å². The zero-order chi connectivity index (χ0) is 23.5. The van der Waals surface area contributed by atoms with Crippen LogP contribution in [0.25, 0.3) is 0 Å². The third kappa shape index (κ3) is 5.31. The number of rotatable bonds is 7. The van der Waals surface area contributed by atoms with Crippen LogP contribution in [0.5, 0.6) is 11.5 Å². The summed E-state index contributed by atoms with van der Waals surface area (Å²) in [5.74, 6) is 0.0243. The van der Waals surface area contributed by atoms with Crippen LogP contribution in [0.4, 0.5) is 4.79 Å². The molecule has 0 spiro atoms. The molecule has 33 heavy (non-hydrogen) atoms. The van der Waals surface area contributed by atoms with Gasteiger partial charge >= 0.3 is 12.1 Å². The van der Waals surface area contributed by atoms with E-state index in [1.165, 1.54) is 0 Å². The lowest BCUT2D eigenvalue weighted by molar-refractivity contribution is -0.136. The maximum atomic E-state index is 12.7. The summed E-state index contributed by atoms with van der Waals surface area (Å²) in [5, 5.41) is 9.47. The third-order valence-corrected chi connectivity index (χ3v) is 6.33. The molecule has 0 aliphatic carbocycles. The largest absolute Gasteiger partial charge is 0.481 e. The van der Waals surface area contributed by atoms with Gasteiger partial charge in [-0.1, -0.05) is 57.9 Å². The Balaban J connectivity index is 1.58. The predicted octanol–water partition coefficient (Wildman–Crippen LogP) is 6.60. The van der Waals surface area contributed by atoms with Crippen molar-refractivity contribution in [3.8, 4) is 11.5 Å².